The Kier molecular flexibility index (Phi) is 11.1. The number of hydrogen-bond acceptors (Lipinski definition) is 7. The zero-order valence-electron chi connectivity index (χ0n) is 25.8. The fraction of sp³-hybridized carbons (Fsp3) is 0.636. The molecular formula is C33H48FN3O5. The number of ether oxygens (including phenoxy) is 2. The molecule has 0 unspecified atom stereocenters. The van der Waals surface area contributed by atoms with E-state index in [2.05, 4.69) is 16.7 Å². The number of nitrogens with zero attached hydrogens (tertiary/aromatic N) is 3. The van der Waals surface area contributed by atoms with E-state index < -0.39 is 24.3 Å². The highest BCUT2D eigenvalue weighted by molar-refractivity contribution is 5.71. The van der Waals surface area contributed by atoms with Gasteiger partial charge in [0.2, 0.25) is 0 Å². The summed E-state index contributed by atoms with van der Waals surface area (Å²) in [7, 11) is 2.04. The van der Waals surface area contributed by atoms with Crippen LogP contribution in [0.2, 0.25) is 0 Å². The summed E-state index contributed by atoms with van der Waals surface area (Å²) in [5.41, 5.74) is 2.31. The van der Waals surface area contributed by atoms with Crippen LogP contribution in [0.5, 0.6) is 0 Å². The van der Waals surface area contributed by atoms with Crippen LogP contribution in [-0.4, -0.2) is 91.1 Å². The molecule has 1 aromatic carbocycles. The number of esters is 1. The maximum atomic E-state index is 14.7. The average Bonchev–Trinajstić information content (AvgIpc) is 3.37. The number of anilines is 1. The summed E-state index contributed by atoms with van der Waals surface area (Å²) in [5.74, 6) is -1.09. The van der Waals surface area contributed by atoms with Gasteiger partial charge in [0.15, 0.2) is 0 Å². The summed E-state index contributed by atoms with van der Waals surface area (Å²) in [6.45, 7) is 11.7. The van der Waals surface area contributed by atoms with Gasteiger partial charge in [-0.15, -0.1) is 0 Å². The number of carbonyl (C=O) groups is 2. The third-order valence-corrected chi connectivity index (χ3v) is 8.89. The number of cyclic esters (lactones) is 1. The van der Waals surface area contributed by atoms with E-state index in [1.807, 2.05) is 52.1 Å². The Balaban J connectivity index is 1.57. The lowest BCUT2D eigenvalue weighted by molar-refractivity contribution is -0.151. The van der Waals surface area contributed by atoms with Crippen molar-refractivity contribution in [2.75, 3.05) is 44.7 Å². The lowest BCUT2D eigenvalue weighted by atomic mass is 9.91. The molecule has 6 atom stereocenters. The van der Waals surface area contributed by atoms with Gasteiger partial charge in [-0.25, -0.2) is 9.18 Å². The lowest BCUT2D eigenvalue weighted by Crippen LogP contribution is -2.48. The molecule has 2 saturated heterocycles. The SMILES string of the molecule is C/C(=C\c1cc(F)cc(N2CCC[C@H]2C)c1)[C@H]1OC(=O)C[C@H](O)CC[C@H](C)[C@@H](OC(=O)N2CCN(C)CC2)/C=C/[C@@H]1C. The molecule has 232 valence electrons. The zero-order valence-corrected chi connectivity index (χ0v) is 25.8. The fourth-order valence-corrected chi connectivity index (χ4v) is 6.14. The smallest absolute Gasteiger partial charge is 0.410 e. The number of piperazine rings is 1. The predicted octanol–water partition coefficient (Wildman–Crippen LogP) is 5.26. The van der Waals surface area contributed by atoms with E-state index in [1.54, 1.807) is 11.0 Å². The molecule has 0 spiro atoms. The van der Waals surface area contributed by atoms with Gasteiger partial charge in [0, 0.05) is 50.4 Å². The van der Waals surface area contributed by atoms with Crippen LogP contribution in [-0.2, 0) is 14.3 Å². The molecule has 1 aromatic rings. The quantitative estimate of drug-likeness (QED) is 0.382. The number of rotatable bonds is 4. The standard InChI is InChI=1S/C33H48FN3O5/c1-22-8-10-29(38)21-31(39)42-32(23(2)9-11-30(22)41-33(40)36-15-13-35(5)14-16-36)24(3)17-26-18-27(34)20-28(19-26)37-12-6-7-25(37)4/h9,11,17-20,22-23,25,29-30,32,38H,6-8,10,12-16,21H2,1-5H3/b11-9+,24-17+/t22-,23-,25+,29+,30-,32-/m0/s1. The summed E-state index contributed by atoms with van der Waals surface area (Å²) in [6, 6.07) is 5.40. The summed E-state index contributed by atoms with van der Waals surface area (Å²) in [4.78, 5) is 32.0. The van der Waals surface area contributed by atoms with E-state index >= 15 is 0 Å². The molecule has 4 rings (SSSR count). The molecule has 42 heavy (non-hydrogen) atoms. The molecule has 0 aliphatic carbocycles. The van der Waals surface area contributed by atoms with Crippen LogP contribution in [0.1, 0.15) is 65.4 Å². The minimum atomic E-state index is -0.856. The second-order valence-corrected chi connectivity index (χ2v) is 12.5. The Morgan fingerprint density at radius 3 is 2.48 bits per heavy atom. The van der Waals surface area contributed by atoms with E-state index in [1.165, 1.54) is 6.07 Å². The van der Waals surface area contributed by atoms with Crippen molar-refractivity contribution in [3.05, 3.63) is 47.3 Å². The number of benzene rings is 1. The number of amides is 1. The molecule has 0 aromatic heterocycles. The zero-order chi connectivity index (χ0) is 30.4. The van der Waals surface area contributed by atoms with Crippen molar-refractivity contribution < 1.29 is 28.6 Å². The van der Waals surface area contributed by atoms with Crippen molar-refractivity contribution >= 4 is 23.8 Å². The maximum absolute atomic E-state index is 14.7. The first-order chi connectivity index (χ1) is 20.0. The minimum Gasteiger partial charge on any atom is -0.457 e. The van der Waals surface area contributed by atoms with Crippen molar-refractivity contribution in [2.45, 2.75) is 84.2 Å². The molecule has 0 radical (unpaired) electrons. The van der Waals surface area contributed by atoms with Gasteiger partial charge in [-0.3, -0.25) is 4.79 Å². The fourth-order valence-electron chi connectivity index (χ4n) is 6.14. The third-order valence-electron chi connectivity index (χ3n) is 8.89. The van der Waals surface area contributed by atoms with Gasteiger partial charge in [-0.05, 0) is 87.9 Å². The summed E-state index contributed by atoms with van der Waals surface area (Å²) in [5, 5.41) is 10.6. The van der Waals surface area contributed by atoms with Crippen molar-refractivity contribution in [3.63, 3.8) is 0 Å². The van der Waals surface area contributed by atoms with Crippen LogP contribution in [0, 0.1) is 17.7 Å². The van der Waals surface area contributed by atoms with Gasteiger partial charge in [0.05, 0.1) is 12.5 Å². The molecule has 1 amide bonds. The average molecular weight is 586 g/mol. The normalized spacial score (nSPS) is 31.2. The Morgan fingerprint density at radius 1 is 1.05 bits per heavy atom. The van der Waals surface area contributed by atoms with E-state index in [0.29, 0.717) is 37.5 Å². The van der Waals surface area contributed by atoms with Crippen molar-refractivity contribution in [2.24, 2.45) is 11.8 Å². The van der Waals surface area contributed by atoms with E-state index in [-0.39, 0.29) is 30.2 Å². The van der Waals surface area contributed by atoms with Gasteiger partial charge in [-0.1, -0.05) is 26.0 Å². The molecular weight excluding hydrogens is 537 g/mol. The summed E-state index contributed by atoms with van der Waals surface area (Å²) >= 11 is 0. The molecule has 8 nitrogen and oxygen atoms in total. The van der Waals surface area contributed by atoms with Gasteiger partial charge < -0.3 is 29.3 Å². The molecule has 9 heteroatoms. The number of hydrogen-bond donors (Lipinski definition) is 1. The highest BCUT2D eigenvalue weighted by Crippen LogP contribution is 2.30. The van der Waals surface area contributed by atoms with Crippen LogP contribution in [0.3, 0.4) is 0 Å². The van der Waals surface area contributed by atoms with Crippen molar-refractivity contribution in [1.82, 2.24) is 9.80 Å². The highest BCUT2D eigenvalue weighted by atomic mass is 19.1. The van der Waals surface area contributed by atoms with Crippen LogP contribution in [0.4, 0.5) is 14.9 Å². The predicted molar refractivity (Wildman–Crippen MR) is 163 cm³/mol. The van der Waals surface area contributed by atoms with E-state index in [0.717, 1.165) is 43.7 Å². The van der Waals surface area contributed by atoms with E-state index in [9.17, 15) is 19.1 Å². The first-order valence-electron chi connectivity index (χ1n) is 15.5. The lowest BCUT2D eigenvalue weighted by Gasteiger charge is -2.33. The third kappa shape index (κ3) is 8.57. The number of aliphatic hydroxyl groups is 1. The van der Waals surface area contributed by atoms with Gasteiger partial charge in [0.25, 0.3) is 0 Å². The number of carbonyl (C=O) groups excluding carboxylic acids is 2. The van der Waals surface area contributed by atoms with Gasteiger partial charge >= 0.3 is 12.1 Å². The first-order valence-corrected chi connectivity index (χ1v) is 15.5. The van der Waals surface area contributed by atoms with Gasteiger partial charge in [-0.2, -0.15) is 0 Å². The Hall–Kier alpha value is -2.91. The topological polar surface area (TPSA) is 82.5 Å². The van der Waals surface area contributed by atoms with Crippen LogP contribution >= 0.6 is 0 Å². The van der Waals surface area contributed by atoms with Crippen molar-refractivity contribution in [3.8, 4) is 0 Å². The first kappa shape index (κ1) is 32.0. The molecule has 3 aliphatic rings. The van der Waals surface area contributed by atoms with E-state index in [4.69, 9.17) is 9.47 Å². The summed E-state index contributed by atoms with van der Waals surface area (Å²) < 4.78 is 26.6. The molecule has 2 fully saturated rings. The van der Waals surface area contributed by atoms with Crippen molar-refractivity contribution in [1.29, 1.82) is 0 Å². The second-order valence-electron chi connectivity index (χ2n) is 12.5. The molecule has 3 heterocycles. The Labute approximate surface area is 250 Å². The maximum Gasteiger partial charge on any atom is 0.410 e. The van der Waals surface area contributed by atoms with Crippen LogP contribution < -0.4 is 4.90 Å². The molecule has 1 N–H and O–H groups in total. The van der Waals surface area contributed by atoms with Crippen LogP contribution in [0.15, 0.2) is 35.9 Å². The van der Waals surface area contributed by atoms with Gasteiger partial charge in [0.1, 0.15) is 18.0 Å². The Bertz CT molecular complexity index is 1150. The monoisotopic (exact) mass is 585 g/mol. The minimum absolute atomic E-state index is 0.0521. The van der Waals surface area contributed by atoms with Crippen LogP contribution in [0.25, 0.3) is 6.08 Å². The second kappa shape index (κ2) is 14.5. The molecule has 0 bridgehead atoms. The number of halogens is 1. The highest BCUT2D eigenvalue weighted by Gasteiger charge is 2.29. The largest absolute Gasteiger partial charge is 0.457 e. The summed E-state index contributed by atoms with van der Waals surface area (Å²) in [6.07, 6.45) is 6.41. The number of likely N-dealkylation sites (N-methyl/N-ethyl adjacent to an activating group) is 1. The Morgan fingerprint density at radius 2 is 1.79 bits per heavy atom. The molecule has 0 saturated carbocycles. The number of aliphatic hydroxyl groups excluding tert-OH is 1. The molecule has 3 aliphatic heterocycles.